The van der Waals surface area contributed by atoms with Crippen LogP contribution in [0.4, 0.5) is 0 Å². The van der Waals surface area contributed by atoms with E-state index in [1.54, 1.807) is 11.3 Å². The molecule has 0 fully saturated rings. The van der Waals surface area contributed by atoms with Gasteiger partial charge >= 0.3 is 0 Å². The van der Waals surface area contributed by atoms with Crippen molar-refractivity contribution in [2.75, 3.05) is 0 Å². The Balaban J connectivity index is 2.12. The fourth-order valence-electron chi connectivity index (χ4n) is 3.34. The second-order valence-electron chi connectivity index (χ2n) is 6.28. The van der Waals surface area contributed by atoms with Gasteiger partial charge in [-0.05, 0) is 38.0 Å². The van der Waals surface area contributed by atoms with Crippen LogP contribution in [0.15, 0.2) is 35.7 Å². The molecule has 26 heavy (non-hydrogen) atoms. The van der Waals surface area contributed by atoms with Gasteiger partial charge in [-0.1, -0.05) is 37.6 Å². The molecule has 2 aromatic heterocycles. The Bertz CT molecular complexity index is 940. The van der Waals surface area contributed by atoms with Crippen LogP contribution >= 0.6 is 22.9 Å². The summed E-state index contributed by atoms with van der Waals surface area (Å²) in [6.07, 6.45) is 1.95. The Kier molecular flexibility index (Phi) is 5.49. The lowest BCUT2D eigenvalue weighted by atomic mass is 10.1. The van der Waals surface area contributed by atoms with Gasteiger partial charge in [0.25, 0.3) is 5.91 Å². The summed E-state index contributed by atoms with van der Waals surface area (Å²) in [5.41, 5.74) is 9.83. The first-order chi connectivity index (χ1) is 12.5. The predicted molar refractivity (Wildman–Crippen MR) is 109 cm³/mol. The Morgan fingerprint density at radius 2 is 2.04 bits per heavy atom. The summed E-state index contributed by atoms with van der Waals surface area (Å²) in [5, 5.41) is 3.61. The van der Waals surface area contributed by atoms with Gasteiger partial charge in [0.1, 0.15) is 5.01 Å². The molecule has 0 aliphatic carbocycles. The van der Waals surface area contributed by atoms with Crippen LogP contribution in [0.2, 0.25) is 5.02 Å². The first kappa shape index (κ1) is 18.7. The van der Waals surface area contributed by atoms with Crippen LogP contribution in [-0.2, 0) is 0 Å². The lowest BCUT2D eigenvalue weighted by Gasteiger charge is -2.20. The van der Waals surface area contributed by atoms with Crippen molar-refractivity contribution in [2.24, 2.45) is 5.73 Å². The van der Waals surface area contributed by atoms with Gasteiger partial charge in [0.15, 0.2) is 0 Å². The van der Waals surface area contributed by atoms with Gasteiger partial charge in [0, 0.05) is 27.7 Å². The Morgan fingerprint density at radius 3 is 2.65 bits per heavy atom. The highest BCUT2D eigenvalue weighted by Crippen LogP contribution is 2.35. The Labute approximate surface area is 162 Å². The van der Waals surface area contributed by atoms with Gasteiger partial charge in [-0.15, -0.1) is 11.3 Å². The second kappa shape index (κ2) is 7.64. The number of hydrogen-bond donors (Lipinski definition) is 1. The first-order valence-corrected chi connectivity index (χ1v) is 9.95. The average molecular weight is 388 g/mol. The third-order valence-electron chi connectivity index (χ3n) is 4.70. The van der Waals surface area contributed by atoms with E-state index in [4.69, 9.17) is 22.3 Å². The topological polar surface area (TPSA) is 60.9 Å². The largest absolute Gasteiger partial charge is 0.366 e. The Hall–Kier alpha value is -2.11. The summed E-state index contributed by atoms with van der Waals surface area (Å²) in [4.78, 5) is 16.7. The number of rotatable bonds is 6. The van der Waals surface area contributed by atoms with Crippen molar-refractivity contribution in [2.45, 2.75) is 39.7 Å². The molecular weight excluding hydrogens is 366 g/mol. The van der Waals surface area contributed by atoms with E-state index in [1.165, 1.54) is 0 Å². The number of nitrogens with zero attached hydrogens (tertiary/aromatic N) is 2. The van der Waals surface area contributed by atoms with Gasteiger partial charge in [0.05, 0.1) is 17.0 Å². The standard InChI is InChI=1S/C20H22ClN3OS/c1-4-15(5-2)24-12(3)16(19(22)25)10-18(24)17-11-26-20(23-17)13-7-6-8-14(21)9-13/h6-11,15H,4-5H2,1-3H3,(H2,22,25). The number of carbonyl (C=O) groups excluding carboxylic acids is 1. The molecule has 0 saturated heterocycles. The monoisotopic (exact) mass is 387 g/mol. The molecule has 0 unspecified atom stereocenters. The lowest BCUT2D eigenvalue weighted by molar-refractivity contribution is 0.0999. The zero-order valence-electron chi connectivity index (χ0n) is 15.1. The van der Waals surface area contributed by atoms with Crippen LogP contribution in [0, 0.1) is 6.92 Å². The molecule has 1 amide bonds. The average Bonchev–Trinajstić information content (AvgIpc) is 3.22. The molecule has 0 saturated carbocycles. The summed E-state index contributed by atoms with van der Waals surface area (Å²) in [5.74, 6) is -0.404. The maximum Gasteiger partial charge on any atom is 0.250 e. The number of nitrogens with two attached hydrogens (primary N) is 1. The van der Waals surface area contributed by atoms with E-state index in [9.17, 15) is 4.79 Å². The molecule has 1 aromatic carbocycles. The van der Waals surface area contributed by atoms with Gasteiger partial charge in [-0.3, -0.25) is 4.79 Å². The molecule has 2 N–H and O–H groups in total. The predicted octanol–water partition coefficient (Wildman–Crippen LogP) is 5.70. The van der Waals surface area contributed by atoms with E-state index < -0.39 is 5.91 Å². The molecule has 2 heterocycles. The summed E-state index contributed by atoms with van der Waals surface area (Å²) in [7, 11) is 0. The molecule has 0 radical (unpaired) electrons. The quantitative estimate of drug-likeness (QED) is 0.589. The number of carbonyl (C=O) groups is 1. The Morgan fingerprint density at radius 1 is 1.31 bits per heavy atom. The first-order valence-electron chi connectivity index (χ1n) is 8.69. The number of thiazole rings is 1. The van der Waals surface area contributed by atoms with Gasteiger partial charge in [0.2, 0.25) is 0 Å². The highest BCUT2D eigenvalue weighted by atomic mass is 35.5. The molecular formula is C20H22ClN3OS. The summed E-state index contributed by atoms with van der Waals surface area (Å²) in [6.45, 7) is 6.26. The molecule has 0 aliphatic rings. The van der Waals surface area contributed by atoms with Crippen LogP contribution in [0.25, 0.3) is 22.0 Å². The van der Waals surface area contributed by atoms with E-state index in [1.807, 2.05) is 42.6 Å². The zero-order chi connectivity index (χ0) is 18.8. The van der Waals surface area contributed by atoms with Gasteiger partial charge < -0.3 is 10.3 Å². The lowest BCUT2D eigenvalue weighted by Crippen LogP contribution is -2.14. The van der Waals surface area contributed by atoms with Crippen molar-refractivity contribution >= 4 is 28.8 Å². The molecule has 0 atom stereocenters. The van der Waals surface area contributed by atoms with Crippen LogP contribution < -0.4 is 5.73 Å². The molecule has 0 spiro atoms. The number of primary amides is 1. The minimum atomic E-state index is -0.404. The van der Waals surface area contributed by atoms with E-state index >= 15 is 0 Å². The van der Waals surface area contributed by atoms with Crippen LogP contribution in [-0.4, -0.2) is 15.5 Å². The fraction of sp³-hybridized carbons (Fsp3) is 0.300. The highest BCUT2D eigenvalue weighted by Gasteiger charge is 2.22. The minimum absolute atomic E-state index is 0.300. The van der Waals surface area contributed by atoms with Crippen molar-refractivity contribution in [3.8, 4) is 22.0 Å². The fourth-order valence-corrected chi connectivity index (χ4v) is 4.34. The third-order valence-corrected chi connectivity index (χ3v) is 5.83. The molecule has 0 aliphatic heterocycles. The zero-order valence-corrected chi connectivity index (χ0v) is 16.7. The number of hydrogen-bond acceptors (Lipinski definition) is 3. The van der Waals surface area contributed by atoms with Crippen molar-refractivity contribution in [1.82, 2.24) is 9.55 Å². The SMILES string of the molecule is CCC(CC)n1c(-c2csc(-c3cccc(Cl)c3)n2)cc(C(N)=O)c1C. The van der Waals surface area contributed by atoms with Crippen LogP contribution in [0.5, 0.6) is 0 Å². The number of amides is 1. The van der Waals surface area contributed by atoms with E-state index in [0.717, 1.165) is 40.5 Å². The van der Waals surface area contributed by atoms with E-state index in [2.05, 4.69) is 18.4 Å². The summed E-state index contributed by atoms with van der Waals surface area (Å²) < 4.78 is 2.21. The van der Waals surface area contributed by atoms with E-state index in [0.29, 0.717) is 16.6 Å². The molecule has 136 valence electrons. The highest BCUT2D eigenvalue weighted by molar-refractivity contribution is 7.13. The molecule has 0 bridgehead atoms. The van der Waals surface area contributed by atoms with Crippen molar-refractivity contribution < 1.29 is 4.79 Å². The smallest absolute Gasteiger partial charge is 0.250 e. The van der Waals surface area contributed by atoms with Crippen molar-refractivity contribution in [3.05, 3.63) is 52.0 Å². The van der Waals surface area contributed by atoms with Crippen molar-refractivity contribution in [1.29, 1.82) is 0 Å². The second-order valence-corrected chi connectivity index (χ2v) is 7.58. The number of aromatic nitrogens is 2. The maximum atomic E-state index is 11.9. The molecule has 3 aromatic rings. The van der Waals surface area contributed by atoms with Gasteiger partial charge in [-0.25, -0.2) is 4.98 Å². The summed E-state index contributed by atoms with van der Waals surface area (Å²) >= 11 is 7.67. The van der Waals surface area contributed by atoms with Crippen LogP contribution in [0.3, 0.4) is 0 Å². The van der Waals surface area contributed by atoms with Crippen LogP contribution in [0.1, 0.15) is 48.8 Å². The number of halogens is 1. The molecule has 3 rings (SSSR count). The third kappa shape index (κ3) is 3.41. The maximum absolute atomic E-state index is 11.9. The molecule has 6 heteroatoms. The molecule has 4 nitrogen and oxygen atoms in total. The van der Waals surface area contributed by atoms with Gasteiger partial charge in [-0.2, -0.15) is 0 Å². The normalized spacial score (nSPS) is 11.3. The minimum Gasteiger partial charge on any atom is -0.366 e. The van der Waals surface area contributed by atoms with Crippen molar-refractivity contribution in [3.63, 3.8) is 0 Å². The summed E-state index contributed by atoms with van der Waals surface area (Å²) in [6, 6.07) is 9.83. The number of benzene rings is 1. The van der Waals surface area contributed by atoms with E-state index in [-0.39, 0.29) is 0 Å².